The number of hydrogen-bond donors (Lipinski definition) is 1. The highest BCUT2D eigenvalue weighted by molar-refractivity contribution is 5.94. The topological polar surface area (TPSA) is 47.6 Å². The molecule has 1 atom stereocenters. The lowest BCUT2D eigenvalue weighted by Gasteiger charge is -2.29. The molecule has 0 unspecified atom stereocenters. The summed E-state index contributed by atoms with van der Waals surface area (Å²) in [6.07, 6.45) is -4.80. The molecule has 0 aromatic heterocycles. The highest BCUT2D eigenvalue weighted by atomic mass is 19.4. The highest BCUT2D eigenvalue weighted by Gasteiger charge is 2.31. The maximum absolute atomic E-state index is 14.0. The van der Waals surface area contributed by atoms with Crippen molar-refractivity contribution in [3.63, 3.8) is 0 Å². The Morgan fingerprint density at radius 2 is 1.69 bits per heavy atom. The van der Waals surface area contributed by atoms with E-state index in [4.69, 9.17) is 4.74 Å². The second-order valence-electron chi connectivity index (χ2n) is 5.67. The average Bonchev–Trinajstić information content (AvgIpc) is 2.59. The first kappa shape index (κ1) is 19.7. The van der Waals surface area contributed by atoms with E-state index in [9.17, 15) is 22.4 Å². The Labute approximate surface area is 147 Å². The van der Waals surface area contributed by atoms with Crippen molar-refractivity contribution in [1.82, 2.24) is 5.32 Å². The molecule has 2 rings (SSSR count). The molecule has 1 amide bonds. The van der Waals surface area contributed by atoms with Gasteiger partial charge in [-0.2, -0.15) is 0 Å². The van der Waals surface area contributed by atoms with Gasteiger partial charge in [-0.1, -0.05) is 18.2 Å². The Hall–Kier alpha value is -2.61. The van der Waals surface area contributed by atoms with Crippen LogP contribution in [-0.2, 0) is 10.3 Å². The summed E-state index contributed by atoms with van der Waals surface area (Å²) in [4.78, 5) is 12.2. The molecule has 0 bridgehead atoms. The van der Waals surface area contributed by atoms with Crippen LogP contribution in [-0.4, -0.2) is 25.9 Å². The Morgan fingerprint density at radius 3 is 2.23 bits per heavy atom. The minimum absolute atomic E-state index is 0.0376. The van der Waals surface area contributed by atoms with Crippen molar-refractivity contribution < 1.29 is 31.8 Å². The molecule has 0 heterocycles. The number of methoxy groups -OCH3 is 1. The number of amides is 1. The third-order valence-electron chi connectivity index (χ3n) is 3.83. The second-order valence-corrected chi connectivity index (χ2v) is 5.67. The largest absolute Gasteiger partial charge is 0.573 e. The summed E-state index contributed by atoms with van der Waals surface area (Å²) in [6.45, 7) is 1.58. The molecule has 8 heteroatoms. The van der Waals surface area contributed by atoms with Gasteiger partial charge < -0.3 is 14.8 Å². The smallest absolute Gasteiger partial charge is 0.406 e. The van der Waals surface area contributed by atoms with E-state index in [1.165, 1.54) is 31.4 Å². The van der Waals surface area contributed by atoms with Crippen LogP contribution in [0.5, 0.6) is 5.75 Å². The van der Waals surface area contributed by atoms with Gasteiger partial charge in [-0.15, -0.1) is 13.2 Å². The zero-order valence-electron chi connectivity index (χ0n) is 14.1. The van der Waals surface area contributed by atoms with Crippen molar-refractivity contribution in [2.24, 2.45) is 0 Å². The number of carbonyl (C=O) groups excluding carboxylic acids is 1. The van der Waals surface area contributed by atoms with E-state index >= 15 is 0 Å². The molecule has 26 heavy (non-hydrogen) atoms. The summed E-state index contributed by atoms with van der Waals surface area (Å²) in [6, 6.07) is 10.5. The summed E-state index contributed by atoms with van der Waals surface area (Å²) < 4.78 is 59.5. The van der Waals surface area contributed by atoms with Crippen LogP contribution in [0.25, 0.3) is 0 Å². The fourth-order valence-electron chi connectivity index (χ4n) is 2.33. The highest BCUT2D eigenvalue weighted by Crippen LogP contribution is 2.27. The van der Waals surface area contributed by atoms with Crippen LogP contribution >= 0.6 is 0 Å². The van der Waals surface area contributed by atoms with Crippen LogP contribution in [0.3, 0.4) is 0 Å². The lowest BCUT2D eigenvalue weighted by Crippen LogP contribution is -2.40. The fourth-order valence-corrected chi connectivity index (χ4v) is 2.33. The minimum atomic E-state index is -4.80. The fraction of sp³-hybridized carbons (Fsp3) is 0.278. The molecule has 0 aliphatic heterocycles. The molecular weight excluding hydrogens is 354 g/mol. The Balaban J connectivity index is 2.06. The van der Waals surface area contributed by atoms with E-state index in [0.29, 0.717) is 0 Å². The van der Waals surface area contributed by atoms with Gasteiger partial charge in [0.15, 0.2) is 0 Å². The predicted octanol–water partition coefficient (Wildman–Crippen LogP) is 4.02. The first-order valence-corrected chi connectivity index (χ1v) is 7.59. The summed E-state index contributed by atoms with van der Waals surface area (Å²) in [5.41, 5.74) is -0.705. The number of ether oxygens (including phenoxy) is 2. The van der Waals surface area contributed by atoms with E-state index < -0.39 is 29.4 Å². The van der Waals surface area contributed by atoms with Crippen LogP contribution in [0.2, 0.25) is 0 Å². The Kier molecular flexibility index (Phi) is 5.86. The molecule has 140 valence electrons. The van der Waals surface area contributed by atoms with Crippen molar-refractivity contribution >= 4 is 5.91 Å². The van der Waals surface area contributed by atoms with E-state index in [1.54, 1.807) is 19.1 Å². The van der Waals surface area contributed by atoms with Crippen molar-refractivity contribution in [2.75, 3.05) is 13.7 Å². The van der Waals surface area contributed by atoms with Crippen LogP contribution in [0.4, 0.5) is 17.6 Å². The van der Waals surface area contributed by atoms with Crippen molar-refractivity contribution in [3.05, 3.63) is 65.5 Å². The Morgan fingerprint density at radius 1 is 1.08 bits per heavy atom. The van der Waals surface area contributed by atoms with Gasteiger partial charge in [0, 0.05) is 18.2 Å². The summed E-state index contributed by atoms with van der Waals surface area (Å²) in [5, 5.41) is 2.59. The van der Waals surface area contributed by atoms with Gasteiger partial charge in [0.05, 0.1) is 6.54 Å². The third kappa shape index (κ3) is 4.95. The quantitative estimate of drug-likeness (QED) is 0.781. The van der Waals surface area contributed by atoms with Crippen molar-refractivity contribution in [2.45, 2.75) is 18.9 Å². The molecule has 0 aliphatic rings. The molecular formula is C18H17F4NO3. The molecule has 0 radical (unpaired) electrons. The standard InChI is InChI=1S/C18H17F4NO3/c1-17(25-2,14-5-3-4-6-15(14)19)11-23-16(24)12-7-9-13(10-8-12)26-18(20,21)22/h3-10H,11H2,1-2H3,(H,23,24)/t17-/m1/s1. The normalized spacial score (nSPS) is 13.8. The zero-order valence-corrected chi connectivity index (χ0v) is 14.1. The maximum atomic E-state index is 14.0. The van der Waals surface area contributed by atoms with Gasteiger partial charge in [-0.3, -0.25) is 4.79 Å². The molecule has 2 aromatic carbocycles. The van der Waals surface area contributed by atoms with Crippen molar-refractivity contribution in [3.8, 4) is 5.75 Å². The number of carbonyl (C=O) groups is 1. The molecule has 4 nitrogen and oxygen atoms in total. The van der Waals surface area contributed by atoms with Crippen molar-refractivity contribution in [1.29, 1.82) is 0 Å². The molecule has 2 aromatic rings. The molecule has 1 N–H and O–H groups in total. The van der Waals surface area contributed by atoms with Crippen LogP contribution < -0.4 is 10.1 Å². The zero-order chi connectivity index (χ0) is 19.4. The maximum Gasteiger partial charge on any atom is 0.573 e. The summed E-state index contributed by atoms with van der Waals surface area (Å²) >= 11 is 0. The van der Waals surface area contributed by atoms with E-state index in [0.717, 1.165) is 12.1 Å². The minimum Gasteiger partial charge on any atom is -0.406 e. The first-order valence-electron chi connectivity index (χ1n) is 7.59. The average molecular weight is 371 g/mol. The SMILES string of the molecule is CO[C@](C)(CNC(=O)c1ccc(OC(F)(F)F)cc1)c1ccccc1F. The number of halogens is 4. The monoisotopic (exact) mass is 371 g/mol. The number of benzene rings is 2. The van der Waals surface area contributed by atoms with Gasteiger partial charge in [-0.25, -0.2) is 4.39 Å². The van der Waals surface area contributed by atoms with E-state index in [2.05, 4.69) is 10.1 Å². The van der Waals surface area contributed by atoms with Gasteiger partial charge >= 0.3 is 6.36 Å². The number of rotatable bonds is 6. The van der Waals surface area contributed by atoms with E-state index in [-0.39, 0.29) is 17.7 Å². The molecule has 0 saturated carbocycles. The van der Waals surface area contributed by atoms with Gasteiger partial charge in [0.2, 0.25) is 0 Å². The summed E-state index contributed by atoms with van der Waals surface area (Å²) in [7, 11) is 1.39. The van der Waals surface area contributed by atoms with E-state index in [1.807, 2.05) is 0 Å². The lowest BCUT2D eigenvalue weighted by molar-refractivity contribution is -0.274. The van der Waals surface area contributed by atoms with Gasteiger partial charge in [0.1, 0.15) is 17.2 Å². The number of alkyl halides is 3. The number of hydrogen-bond acceptors (Lipinski definition) is 3. The Bertz CT molecular complexity index is 762. The lowest BCUT2D eigenvalue weighted by atomic mass is 9.95. The van der Waals surface area contributed by atoms with Crippen LogP contribution in [0.15, 0.2) is 48.5 Å². The molecule has 0 saturated heterocycles. The second kappa shape index (κ2) is 7.74. The molecule has 0 spiro atoms. The first-order chi connectivity index (χ1) is 12.1. The number of nitrogens with one attached hydrogen (secondary N) is 1. The summed E-state index contributed by atoms with van der Waals surface area (Å²) in [5.74, 6) is -1.44. The molecule has 0 fully saturated rings. The molecule has 0 aliphatic carbocycles. The van der Waals surface area contributed by atoms with Gasteiger partial charge in [0.25, 0.3) is 5.91 Å². The van der Waals surface area contributed by atoms with Crippen LogP contribution in [0.1, 0.15) is 22.8 Å². The van der Waals surface area contributed by atoms with Crippen LogP contribution in [0, 0.1) is 5.82 Å². The third-order valence-corrected chi connectivity index (χ3v) is 3.83. The van der Waals surface area contributed by atoms with Gasteiger partial charge in [-0.05, 0) is 37.3 Å². The predicted molar refractivity (Wildman–Crippen MR) is 86.2 cm³/mol.